The summed E-state index contributed by atoms with van der Waals surface area (Å²) >= 11 is 0. The predicted octanol–water partition coefficient (Wildman–Crippen LogP) is 3.43. The number of carbonyl (C=O) groups is 3. The van der Waals surface area contributed by atoms with Gasteiger partial charge in [-0.3, -0.25) is 19.5 Å². The molecule has 2 aliphatic heterocycles. The largest absolute Gasteiger partial charge is 0.478 e. The Labute approximate surface area is 198 Å². The standard InChI is InChI=1S/C27H27N3O4/c31-24(20-8-9-20)29-13-10-17(15-29)16-30-23(28-27(11-12-27)26(30)34)19-6-4-18(5-7-19)21-2-1-3-22(14-21)25(32)33/h1-7,14,17,20H,8-13,15-16H2,(H,32,33)/t17-/m1/s1. The van der Waals surface area contributed by atoms with Crippen LogP contribution in [0.1, 0.15) is 48.0 Å². The Bertz CT molecular complexity index is 1210. The summed E-state index contributed by atoms with van der Waals surface area (Å²) in [7, 11) is 0. The van der Waals surface area contributed by atoms with Crippen LogP contribution in [0.4, 0.5) is 0 Å². The number of hydrogen-bond acceptors (Lipinski definition) is 4. The van der Waals surface area contributed by atoms with E-state index in [1.807, 2.05) is 40.1 Å². The maximum atomic E-state index is 13.3. The van der Waals surface area contributed by atoms with Crippen molar-refractivity contribution in [2.45, 2.75) is 37.6 Å². The third kappa shape index (κ3) is 3.69. The fraction of sp³-hybridized carbons (Fsp3) is 0.407. The van der Waals surface area contributed by atoms with Gasteiger partial charge in [0.2, 0.25) is 5.91 Å². The Morgan fingerprint density at radius 2 is 1.74 bits per heavy atom. The molecule has 2 saturated carbocycles. The number of rotatable bonds is 6. The molecule has 2 aromatic rings. The van der Waals surface area contributed by atoms with Crippen LogP contribution in [0.2, 0.25) is 0 Å². The third-order valence-electron chi connectivity index (χ3n) is 7.49. The highest BCUT2D eigenvalue weighted by Crippen LogP contribution is 2.46. The lowest BCUT2D eigenvalue weighted by atomic mass is 10.0. The molecule has 0 unspecified atom stereocenters. The second kappa shape index (κ2) is 7.79. The van der Waals surface area contributed by atoms with Gasteiger partial charge in [0.05, 0.1) is 5.56 Å². The van der Waals surface area contributed by atoms with Crippen LogP contribution < -0.4 is 0 Å². The average molecular weight is 458 g/mol. The molecule has 0 bridgehead atoms. The van der Waals surface area contributed by atoms with Crippen LogP contribution in [0.25, 0.3) is 11.1 Å². The van der Waals surface area contributed by atoms with Crippen molar-refractivity contribution in [3.63, 3.8) is 0 Å². The van der Waals surface area contributed by atoms with Crippen LogP contribution in [0, 0.1) is 11.8 Å². The summed E-state index contributed by atoms with van der Waals surface area (Å²) in [5, 5.41) is 9.27. The first kappa shape index (κ1) is 21.1. The van der Waals surface area contributed by atoms with E-state index in [-0.39, 0.29) is 29.2 Å². The van der Waals surface area contributed by atoms with Gasteiger partial charge in [0, 0.05) is 31.1 Å². The highest BCUT2D eigenvalue weighted by atomic mass is 16.4. The maximum absolute atomic E-state index is 13.3. The van der Waals surface area contributed by atoms with Gasteiger partial charge >= 0.3 is 5.97 Å². The van der Waals surface area contributed by atoms with E-state index in [0.717, 1.165) is 67.7 Å². The minimum absolute atomic E-state index is 0.0905. The molecule has 2 aliphatic carbocycles. The average Bonchev–Trinajstić information content (AvgIpc) is 3.78. The fourth-order valence-electron chi connectivity index (χ4n) is 5.16. The van der Waals surface area contributed by atoms with Gasteiger partial charge in [0.1, 0.15) is 11.4 Å². The molecule has 7 nitrogen and oxygen atoms in total. The van der Waals surface area contributed by atoms with Gasteiger partial charge in [-0.2, -0.15) is 0 Å². The van der Waals surface area contributed by atoms with E-state index in [0.29, 0.717) is 6.54 Å². The summed E-state index contributed by atoms with van der Waals surface area (Å²) in [6.07, 6.45) is 4.54. The number of amides is 2. The molecule has 174 valence electrons. The van der Waals surface area contributed by atoms with Crippen LogP contribution in [0.3, 0.4) is 0 Å². The van der Waals surface area contributed by atoms with Gasteiger partial charge in [0.25, 0.3) is 5.91 Å². The lowest BCUT2D eigenvalue weighted by Gasteiger charge is -2.23. The zero-order valence-electron chi connectivity index (χ0n) is 18.9. The van der Waals surface area contributed by atoms with Crippen molar-refractivity contribution < 1.29 is 19.5 Å². The lowest BCUT2D eigenvalue weighted by molar-refractivity contribution is -0.131. The first-order valence-electron chi connectivity index (χ1n) is 12.1. The van der Waals surface area contributed by atoms with E-state index >= 15 is 0 Å². The molecule has 4 aliphatic rings. The van der Waals surface area contributed by atoms with Crippen LogP contribution in [-0.4, -0.2) is 63.7 Å². The number of amidine groups is 1. The van der Waals surface area contributed by atoms with Crippen molar-refractivity contribution >= 4 is 23.6 Å². The van der Waals surface area contributed by atoms with E-state index in [2.05, 4.69) is 0 Å². The molecule has 34 heavy (non-hydrogen) atoms. The minimum Gasteiger partial charge on any atom is -0.478 e. The summed E-state index contributed by atoms with van der Waals surface area (Å²) in [4.78, 5) is 45.7. The van der Waals surface area contributed by atoms with Crippen LogP contribution >= 0.6 is 0 Å². The molecule has 1 saturated heterocycles. The molecule has 1 atom stereocenters. The van der Waals surface area contributed by atoms with Crippen LogP contribution in [0.5, 0.6) is 0 Å². The number of aromatic carboxylic acids is 1. The van der Waals surface area contributed by atoms with Crippen molar-refractivity contribution in [3.05, 3.63) is 59.7 Å². The van der Waals surface area contributed by atoms with Gasteiger partial charge in [-0.1, -0.05) is 36.4 Å². The first-order valence-corrected chi connectivity index (χ1v) is 12.1. The molecular formula is C27H27N3O4. The van der Waals surface area contributed by atoms with Gasteiger partial charge in [-0.25, -0.2) is 4.79 Å². The Kier molecular flexibility index (Phi) is 4.83. The van der Waals surface area contributed by atoms with Gasteiger partial charge in [-0.05, 0) is 61.3 Å². The number of carboxylic acid groups (broad SMARTS) is 1. The molecule has 0 aromatic heterocycles. The molecule has 3 fully saturated rings. The van der Waals surface area contributed by atoms with Crippen molar-refractivity contribution in [3.8, 4) is 11.1 Å². The van der Waals surface area contributed by atoms with Gasteiger partial charge < -0.3 is 10.0 Å². The Hall–Kier alpha value is -3.48. The first-order chi connectivity index (χ1) is 16.4. The van der Waals surface area contributed by atoms with Crippen molar-refractivity contribution in [1.29, 1.82) is 0 Å². The zero-order valence-corrected chi connectivity index (χ0v) is 18.9. The van der Waals surface area contributed by atoms with E-state index in [1.165, 1.54) is 0 Å². The quantitative estimate of drug-likeness (QED) is 0.720. The lowest BCUT2D eigenvalue weighted by Crippen LogP contribution is -2.40. The molecule has 2 amide bonds. The van der Waals surface area contributed by atoms with Crippen molar-refractivity contribution in [2.75, 3.05) is 19.6 Å². The second-order valence-corrected chi connectivity index (χ2v) is 10.1. The summed E-state index contributed by atoms with van der Waals surface area (Å²) < 4.78 is 0. The Balaban J connectivity index is 1.21. The summed E-state index contributed by atoms with van der Waals surface area (Å²) in [6, 6.07) is 14.7. The molecule has 2 heterocycles. The predicted molar refractivity (Wildman–Crippen MR) is 126 cm³/mol. The number of carbonyl (C=O) groups excluding carboxylic acids is 2. The summed E-state index contributed by atoms with van der Waals surface area (Å²) in [5.41, 5.74) is 2.30. The highest BCUT2D eigenvalue weighted by Gasteiger charge is 2.57. The summed E-state index contributed by atoms with van der Waals surface area (Å²) in [6.45, 7) is 2.10. The Morgan fingerprint density at radius 1 is 1.00 bits per heavy atom. The molecule has 0 radical (unpaired) electrons. The maximum Gasteiger partial charge on any atom is 0.335 e. The Morgan fingerprint density at radius 3 is 2.41 bits per heavy atom. The van der Waals surface area contributed by atoms with Crippen LogP contribution in [0.15, 0.2) is 53.5 Å². The number of hydrogen-bond donors (Lipinski definition) is 1. The second-order valence-electron chi connectivity index (χ2n) is 10.1. The monoisotopic (exact) mass is 457 g/mol. The molecule has 2 aromatic carbocycles. The smallest absolute Gasteiger partial charge is 0.335 e. The molecular weight excluding hydrogens is 430 g/mol. The van der Waals surface area contributed by atoms with Crippen molar-refractivity contribution in [2.24, 2.45) is 16.8 Å². The molecule has 1 N–H and O–H groups in total. The highest BCUT2D eigenvalue weighted by molar-refractivity contribution is 6.16. The molecule has 1 spiro atoms. The van der Waals surface area contributed by atoms with Crippen molar-refractivity contribution in [1.82, 2.24) is 9.80 Å². The zero-order chi connectivity index (χ0) is 23.4. The van der Waals surface area contributed by atoms with E-state index in [1.54, 1.807) is 18.2 Å². The topological polar surface area (TPSA) is 90.3 Å². The number of likely N-dealkylation sites (tertiary alicyclic amines) is 1. The van der Waals surface area contributed by atoms with E-state index in [4.69, 9.17) is 4.99 Å². The number of nitrogens with zero attached hydrogens (tertiary/aromatic N) is 3. The molecule has 6 rings (SSSR count). The van der Waals surface area contributed by atoms with Gasteiger partial charge in [0.15, 0.2) is 0 Å². The fourth-order valence-corrected chi connectivity index (χ4v) is 5.16. The minimum atomic E-state index is -0.952. The summed E-state index contributed by atoms with van der Waals surface area (Å²) in [5.74, 6) is 0.642. The number of benzene rings is 2. The third-order valence-corrected chi connectivity index (χ3v) is 7.49. The van der Waals surface area contributed by atoms with E-state index < -0.39 is 11.5 Å². The van der Waals surface area contributed by atoms with Crippen LogP contribution in [-0.2, 0) is 9.59 Å². The van der Waals surface area contributed by atoms with E-state index in [9.17, 15) is 19.5 Å². The number of aliphatic imine (C=N–C) groups is 1. The van der Waals surface area contributed by atoms with Gasteiger partial charge in [-0.15, -0.1) is 0 Å². The molecule has 7 heteroatoms. The SMILES string of the molecule is O=C(O)c1cccc(-c2ccc(C3=NC4(CC4)C(=O)N3C[C@@H]3CCN(C(=O)C4CC4)C3)cc2)c1. The normalized spacial score (nSPS) is 22.9. The number of carboxylic acids is 1.